The van der Waals surface area contributed by atoms with Crippen LogP contribution in [-0.4, -0.2) is 9.03 Å². The van der Waals surface area contributed by atoms with E-state index in [1.807, 2.05) is 6.08 Å². The maximum atomic E-state index is 9.13. The number of aliphatic hydroxyl groups excluding tert-OH is 1. The third-order valence-corrected chi connectivity index (χ3v) is 2.46. The second-order valence-electron chi connectivity index (χ2n) is 2.07. The molecule has 0 spiro atoms. The first kappa shape index (κ1) is 6.31. The average Bonchev–Trinajstić information content (AvgIpc) is 2.61. The van der Waals surface area contributed by atoms with Gasteiger partial charge in [0.05, 0.1) is 26.9 Å². The predicted molar refractivity (Wildman–Crippen MR) is 42.4 cm³/mol. The summed E-state index contributed by atoms with van der Waals surface area (Å²) in [4.78, 5) is 0. The third-order valence-electron chi connectivity index (χ3n) is 1.40. The van der Waals surface area contributed by atoms with Crippen LogP contribution < -0.4 is 0 Å². The summed E-state index contributed by atoms with van der Waals surface area (Å²) in [5.41, 5.74) is 1.93. The number of rotatable bonds is 0. The molecule has 0 aromatic carbocycles. The number of aliphatic hydroxyl groups is 1. The molecule has 0 unspecified atom stereocenters. The molecule has 1 aliphatic heterocycles. The zero-order chi connectivity index (χ0) is 7.30. The highest BCUT2D eigenvalue weighted by Crippen LogP contribution is 2.43. The second-order valence-corrected chi connectivity index (χ2v) is 3.19. The highest BCUT2D eigenvalue weighted by atomic mass is 79.9. The van der Waals surface area contributed by atoms with Gasteiger partial charge in [-0.05, 0) is 6.08 Å². The summed E-state index contributed by atoms with van der Waals surface area (Å²) in [6.07, 6.45) is 3.38. The number of halogens is 2. The molecule has 10 heavy (non-hydrogen) atoms. The maximum absolute atomic E-state index is 9.13. The Kier molecular flexibility index (Phi) is 1.13. The molecule has 0 amide bonds. The minimum atomic E-state index is 0.123. The van der Waals surface area contributed by atoms with E-state index in [-0.39, 0.29) is 5.88 Å². The van der Waals surface area contributed by atoms with Crippen molar-refractivity contribution < 1.29 is 5.11 Å². The molecule has 0 aromatic heterocycles. The van der Waals surface area contributed by atoms with Crippen LogP contribution in [0.25, 0.3) is 0 Å². The molecule has 0 radical (unpaired) electrons. The van der Waals surface area contributed by atoms with Crippen LogP contribution in [0.1, 0.15) is 0 Å². The van der Waals surface area contributed by atoms with Gasteiger partial charge in [-0.15, -0.1) is 0 Å². The molecule has 52 valence electrons. The lowest BCUT2D eigenvalue weighted by Gasteiger charge is -2.13. The number of allylic oxidation sites excluding steroid dienone is 4. The maximum Gasteiger partial charge on any atom is 0.203 e. The highest BCUT2D eigenvalue weighted by Gasteiger charge is 2.30. The highest BCUT2D eigenvalue weighted by molar-refractivity contribution is 9.07. The molecule has 0 aromatic rings. The van der Waals surface area contributed by atoms with E-state index in [1.165, 1.54) is 10.0 Å². The van der Waals surface area contributed by atoms with Crippen LogP contribution in [0, 0.1) is 0 Å². The fraction of sp³-hybridized carbons (Fsp3) is 0. The van der Waals surface area contributed by atoms with Gasteiger partial charge < -0.3 is 5.11 Å². The zero-order valence-electron chi connectivity index (χ0n) is 4.81. The van der Waals surface area contributed by atoms with E-state index in [0.717, 1.165) is 11.3 Å². The van der Waals surface area contributed by atoms with Crippen LogP contribution in [0.3, 0.4) is 0 Å². The lowest BCUT2D eigenvalue weighted by molar-refractivity contribution is 0.331. The van der Waals surface area contributed by atoms with Crippen molar-refractivity contribution in [1.29, 1.82) is 0 Å². The Labute approximate surface area is 71.4 Å². The number of nitrogens with zero attached hydrogens (tertiary/aromatic N) is 1. The Morgan fingerprint density at radius 2 is 2.20 bits per heavy atom. The zero-order valence-corrected chi connectivity index (χ0v) is 7.15. The minimum absolute atomic E-state index is 0.123. The van der Waals surface area contributed by atoms with Gasteiger partial charge in [0.1, 0.15) is 0 Å². The van der Waals surface area contributed by atoms with Gasteiger partial charge in [0.25, 0.3) is 0 Å². The van der Waals surface area contributed by atoms with Gasteiger partial charge in [0, 0.05) is 11.6 Å². The van der Waals surface area contributed by atoms with Gasteiger partial charge in [-0.3, -0.25) is 0 Å². The summed E-state index contributed by atoms with van der Waals surface area (Å²) in [5, 5.41) is 9.73. The molecule has 0 saturated carbocycles. The summed E-state index contributed by atoms with van der Waals surface area (Å²) in [6, 6.07) is 0. The molecule has 1 heterocycles. The quantitative estimate of drug-likeness (QED) is 0.634. The molecule has 0 fully saturated rings. The first-order chi connectivity index (χ1) is 4.70. The summed E-state index contributed by atoms with van der Waals surface area (Å²) in [5.74, 6) is 0.123. The lowest BCUT2D eigenvalue weighted by atomic mass is 10.3. The summed E-state index contributed by atoms with van der Waals surface area (Å²) in [7, 11) is 0. The van der Waals surface area contributed by atoms with Gasteiger partial charge in [0.15, 0.2) is 0 Å². The van der Waals surface area contributed by atoms with Crippen LogP contribution in [0.15, 0.2) is 34.3 Å². The van der Waals surface area contributed by atoms with Crippen LogP contribution in [-0.2, 0) is 0 Å². The normalized spacial score (nSPS) is 22.0. The average molecular weight is 220 g/mol. The Morgan fingerprint density at radius 1 is 1.50 bits per heavy atom. The molecular formula is C6H3BrClNO. The predicted octanol–water partition coefficient (Wildman–Crippen LogP) is 2.40. The SMILES string of the molecule is OC1=CC(Cl)=C2C=C2N1Br. The molecule has 2 nitrogen and oxygen atoms in total. The van der Waals surface area contributed by atoms with E-state index in [2.05, 4.69) is 16.1 Å². The molecule has 2 aliphatic rings. The van der Waals surface area contributed by atoms with Crippen LogP contribution in [0.5, 0.6) is 0 Å². The molecule has 1 aliphatic carbocycles. The monoisotopic (exact) mass is 219 g/mol. The Bertz CT molecular complexity index is 292. The molecule has 0 atom stereocenters. The van der Waals surface area contributed by atoms with Gasteiger partial charge in [0.2, 0.25) is 5.88 Å². The topological polar surface area (TPSA) is 23.5 Å². The number of fused-ring (bicyclic) bond motifs is 1. The van der Waals surface area contributed by atoms with E-state index < -0.39 is 0 Å². The summed E-state index contributed by atoms with van der Waals surface area (Å²) >= 11 is 8.85. The molecular weight excluding hydrogens is 217 g/mol. The van der Waals surface area contributed by atoms with E-state index in [0.29, 0.717) is 5.03 Å². The smallest absolute Gasteiger partial charge is 0.203 e. The number of hydrogen-bond donors (Lipinski definition) is 1. The lowest BCUT2D eigenvalue weighted by Crippen LogP contribution is -2.07. The largest absolute Gasteiger partial charge is 0.494 e. The third kappa shape index (κ3) is 0.707. The van der Waals surface area contributed by atoms with Crippen molar-refractivity contribution in [3.8, 4) is 0 Å². The standard InChI is InChI=1S/C6H3BrClNO/c7-9-5-1-3(5)4(8)2-6(9)10/h1-2,10H. The second kappa shape index (κ2) is 1.80. The fourth-order valence-electron chi connectivity index (χ4n) is 0.826. The van der Waals surface area contributed by atoms with Crippen molar-refractivity contribution >= 4 is 27.7 Å². The van der Waals surface area contributed by atoms with Gasteiger partial charge in [-0.2, -0.15) is 0 Å². The van der Waals surface area contributed by atoms with E-state index in [4.69, 9.17) is 16.7 Å². The summed E-state index contributed by atoms with van der Waals surface area (Å²) < 4.78 is 1.51. The van der Waals surface area contributed by atoms with Crippen molar-refractivity contribution in [3.63, 3.8) is 0 Å². The van der Waals surface area contributed by atoms with Crippen molar-refractivity contribution in [2.24, 2.45) is 0 Å². The Balaban J connectivity index is 2.42. The van der Waals surface area contributed by atoms with Crippen molar-refractivity contribution in [1.82, 2.24) is 3.93 Å². The molecule has 2 rings (SSSR count). The van der Waals surface area contributed by atoms with Crippen LogP contribution in [0.4, 0.5) is 0 Å². The first-order valence-electron chi connectivity index (χ1n) is 2.68. The molecule has 4 heteroatoms. The number of hydrogen-bond acceptors (Lipinski definition) is 2. The van der Waals surface area contributed by atoms with Gasteiger partial charge in [-0.25, -0.2) is 3.93 Å². The molecule has 0 bridgehead atoms. The van der Waals surface area contributed by atoms with Crippen molar-refractivity contribution in [2.75, 3.05) is 0 Å². The van der Waals surface area contributed by atoms with Crippen LogP contribution in [0.2, 0.25) is 0 Å². The van der Waals surface area contributed by atoms with Crippen molar-refractivity contribution in [3.05, 3.63) is 34.3 Å². The van der Waals surface area contributed by atoms with Gasteiger partial charge >= 0.3 is 0 Å². The molecule has 1 N–H and O–H groups in total. The van der Waals surface area contributed by atoms with Crippen LogP contribution >= 0.6 is 27.7 Å². The van der Waals surface area contributed by atoms with Gasteiger partial charge in [-0.1, -0.05) is 11.6 Å². The molecule has 0 saturated heterocycles. The minimum Gasteiger partial charge on any atom is -0.494 e. The van der Waals surface area contributed by atoms with Crippen molar-refractivity contribution in [2.45, 2.75) is 0 Å². The summed E-state index contributed by atoms with van der Waals surface area (Å²) in [6.45, 7) is 0. The van der Waals surface area contributed by atoms with E-state index >= 15 is 0 Å². The van der Waals surface area contributed by atoms with E-state index in [9.17, 15) is 0 Å². The van der Waals surface area contributed by atoms with E-state index in [1.54, 1.807) is 0 Å². The first-order valence-corrected chi connectivity index (χ1v) is 3.77. The Morgan fingerprint density at radius 3 is 2.90 bits per heavy atom. The Hall–Kier alpha value is -0.410. The fourth-order valence-corrected chi connectivity index (χ4v) is 1.47.